The van der Waals surface area contributed by atoms with Gasteiger partial charge < -0.3 is 15.8 Å². The fourth-order valence-electron chi connectivity index (χ4n) is 2.01. The molecule has 0 fully saturated rings. The SMILES string of the molecule is CCOc1ccc(C(CN)Nc2ccccc2Br)cc1. The van der Waals surface area contributed by atoms with Crippen LogP contribution < -0.4 is 15.8 Å². The standard InChI is InChI=1S/C16H19BrN2O/c1-2-20-13-9-7-12(8-10-13)16(11-18)19-15-6-4-3-5-14(15)17/h3-10,16,19H,2,11,18H2,1H3. The van der Waals surface area contributed by atoms with E-state index in [1.807, 2.05) is 55.5 Å². The van der Waals surface area contributed by atoms with Gasteiger partial charge in [-0.2, -0.15) is 0 Å². The minimum absolute atomic E-state index is 0.0735. The molecule has 0 bridgehead atoms. The summed E-state index contributed by atoms with van der Waals surface area (Å²) in [6, 6.07) is 16.1. The van der Waals surface area contributed by atoms with E-state index in [2.05, 4.69) is 21.2 Å². The van der Waals surface area contributed by atoms with Gasteiger partial charge in [0.25, 0.3) is 0 Å². The summed E-state index contributed by atoms with van der Waals surface area (Å²) < 4.78 is 6.48. The maximum absolute atomic E-state index is 5.89. The van der Waals surface area contributed by atoms with Crippen molar-refractivity contribution in [1.29, 1.82) is 0 Å². The molecular weight excluding hydrogens is 316 g/mol. The molecule has 0 amide bonds. The van der Waals surface area contributed by atoms with E-state index in [9.17, 15) is 0 Å². The molecule has 2 aromatic rings. The minimum Gasteiger partial charge on any atom is -0.494 e. The van der Waals surface area contributed by atoms with Crippen LogP contribution in [0.5, 0.6) is 5.75 Å². The lowest BCUT2D eigenvalue weighted by Gasteiger charge is -2.20. The lowest BCUT2D eigenvalue weighted by atomic mass is 10.1. The van der Waals surface area contributed by atoms with Crippen molar-refractivity contribution in [3.8, 4) is 5.75 Å². The van der Waals surface area contributed by atoms with Gasteiger partial charge in [0, 0.05) is 16.7 Å². The number of halogens is 1. The largest absolute Gasteiger partial charge is 0.494 e. The lowest BCUT2D eigenvalue weighted by Crippen LogP contribution is -2.20. The van der Waals surface area contributed by atoms with Crippen LogP contribution in [0.4, 0.5) is 5.69 Å². The first-order chi connectivity index (χ1) is 9.74. The minimum atomic E-state index is 0.0735. The van der Waals surface area contributed by atoms with Gasteiger partial charge in [-0.3, -0.25) is 0 Å². The van der Waals surface area contributed by atoms with Gasteiger partial charge in [0.15, 0.2) is 0 Å². The van der Waals surface area contributed by atoms with Crippen molar-refractivity contribution in [2.24, 2.45) is 5.73 Å². The summed E-state index contributed by atoms with van der Waals surface area (Å²) in [6.07, 6.45) is 0. The summed E-state index contributed by atoms with van der Waals surface area (Å²) in [5, 5.41) is 3.45. The average Bonchev–Trinajstić information content (AvgIpc) is 2.48. The van der Waals surface area contributed by atoms with E-state index in [1.165, 1.54) is 0 Å². The summed E-state index contributed by atoms with van der Waals surface area (Å²) in [6.45, 7) is 3.18. The molecule has 2 aromatic carbocycles. The van der Waals surface area contributed by atoms with Gasteiger partial charge in [-0.15, -0.1) is 0 Å². The third-order valence-electron chi connectivity index (χ3n) is 3.03. The molecule has 3 N–H and O–H groups in total. The quantitative estimate of drug-likeness (QED) is 0.840. The van der Waals surface area contributed by atoms with Crippen LogP contribution in [-0.4, -0.2) is 13.2 Å². The summed E-state index contributed by atoms with van der Waals surface area (Å²) in [4.78, 5) is 0. The van der Waals surface area contributed by atoms with Crippen LogP contribution in [-0.2, 0) is 0 Å². The van der Waals surface area contributed by atoms with Crippen molar-refractivity contribution in [3.05, 3.63) is 58.6 Å². The molecule has 20 heavy (non-hydrogen) atoms. The first-order valence-electron chi connectivity index (χ1n) is 6.68. The molecule has 0 saturated heterocycles. The number of benzene rings is 2. The highest BCUT2D eigenvalue weighted by Gasteiger charge is 2.10. The number of anilines is 1. The van der Waals surface area contributed by atoms with E-state index < -0.39 is 0 Å². The molecule has 3 nitrogen and oxygen atoms in total. The van der Waals surface area contributed by atoms with Crippen LogP contribution in [0.1, 0.15) is 18.5 Å². The number of nitrogens with two attached hydrogens (primary N) is 1. The molecule has 0 aromatic heterocycles. The second-order valence-electron chi connectivity index (χ2n) is 4.41. The Labute approximate surface area is 128 Å². The molecule has 1 atom stereocenters. The van der Waals surface area contributed by atoms with Gasteiger partial charge in [-0.25, -0.2) is 0 Å². The monoisotopic (exact) mass is 334 g/mol. The molecule has 1 unspecified atom stereocenters. The van der Waals surface area contributed by atoms with E-state index in [-0.39, 0.29) is 6.04 Å². The maximum Gasteiger partial charge on any atom is 0.119 e. The Morgan fingerprint density at radius 2 is 1.85 bits per heavy atom. The normalized spacial score (nSPS) is 11.9. The van der Waals surface area contributed by atoms with Crippen molar-refractivity contribution < 1.29 is 4.74 Å². The molecule has 0 aliphatic carbocycles. The zero-order valence-electron chi connectivity index (χ0n) is 11.5. The Morgan fingerprint density at radius 3 is 2.45 bits per heavy atom. The van der Waals surface area contributed by atoms with E-state index in [4.69, 9.17) is 10.5 Å². The number of ether oxygens (including phenoxy) is 1. The predicted octanol–water partition coefficient (Wildman–Crippen LogP) is 3.96. The van der Waals surface area contributed by atoms with Crippen molar-refractivity contribution in [1.82, 2.24) is 0 Å². The smallest absolute Gasteiger partial charge is 0.119 e. The van der Waals surface area contributed by atoms with Crippen LogP contribution in [0.15, 0.2) is 53.0 Å². The third-order valence-corrected chi connectivity index (χ3v) is 3.72. The van der Waals surface area contributed by atoms with Gasteiger partial charge >= 0.3 is 0 Å². The maximum atomic E-state index is 5.89. The van der Waals surface area contributed by atoms with Gasteiger partial charge in [0.2, 0.25) is 0 Å². The van der Waals surface area contributed by atoms with Crippen LogP contribution in [0.25, 0.3) is 0 Å². The fourth-order valence-corrected chi connectivity index (χ4v) is 2.41. The Bertz CT molecular complexity index is 542. The summed E-state index contributed by atoms with van der Waals surface area (Å²) >= 11 is 3.54. The van der Waals surface area contributed by atoms with E-state index >= 15 is 0 Å². The molecule has 4 heteroatoms. The molecule has 0 radical (unpaired) electrons. The zero-order chi connectivity index (χ0) is 14.4. The van der Waals surface area contributed by atoms with Gasteiger partial charge in [-0.05, 0) is 52.7 Å². The van der Waals surface area contributed by atoms with Crippen LogP contribution in [0, 0.1) is 0 Å². The summed E-state index contributed by atoms with van der Waals surface area (Å²) in [5.41, 5.74) is 8.07. The van der Waals surface area contributed by atoms with Crippen LogP contribution in [0.3, 0.4) is 0 Å². The third kappa shape index (κ3) is 3.74. The molecule has 0 spiro atoms. The van der Waals surface area contributed by atoms with Crippen LogP contribution >= 0.6 is 15.9 Å². The van der Waals surface area contributed by atoms with Gasteiger partial charge in [0.05, 0.1) is 12.6 Å². The molecular formula is C16H19BrN2O. The highest BCUT2D eigenvalue weighted by Crippen LogP contribution is 2.26. The number of rotatable bonds is 6. The van der Waals surface area contributed by atoms with Gasteiger partial charge in [0.1, 0.15) is 5.75 Å². The topological polar surface area (TPSA) is 47.3 Å². The first-order valence-corrected chi connectivity index (χ1v) is 7.47. The number of hydrogen-bond donors (Lipinski definition) is 2. The molecule has 2 rings (SSSR count). The Morgan fingerprint density at radius 1 is 1.15 bits per heavy atom. The Kier molecular flexibility index (Phi) is 5.44. The number of nitrogens with one attached hydrogen (secondary N) is 1. The molecule has 0 aliphatic heterocycles. The molecule has 0 aliphatic rings. The molecule has 106 valence electrons. The first kappa shape index (κ1) is 14.9. The Hall–Kier alpha value is -1.52. The second-order valence-corrected chi connectivity index (χ2v) is 5.27. The second kappa shape index (κ2) is 7.31. The molecule has 0 saturated carbocycles. The highest BCUT2D eigenvalue weighted by molar-refractivity contribution is 9.10. The number of para-hydroxylation sites is 1. The van der Waals surface area contributed by atoms with Crippen LogP contribution in [0.2, 0.25) is 0 Å². The zero-order valence-corrected chi connectivity index (χ0v) is 13.1. The summed E-state index contributed by atoms with van der Waals surface area (Å²) in [7, 11) is 0. The highest BCUT2D eigenvalue weighted by atomic mass is 79.9. The molecule has 0 heterocycles. The Balaban J connectivity index is 2.13. The van der Waals surface area contributed by atoms with E-state index in [0.29, 0.717) is 13.2 Å². The van der Waals surface area contributed by atoms with Crippen molar-refractivity contribution in [3.63, 3.8) is 0 Å². The van der Waals surface area contributed by atoms with Crippen molar-refractivity contribution in [2.45, 2.75) is 13.0 Å². The average molecular weight is 335 g/mol. The van der Waals surface area contributed by atoms with Crippen molar-refractivity contribution in [2.75, 3.05) is 18.5 Å². The number of hydrogen-bond acceptors (Lipinski definition) is 3. The van der Waals surface area contributed by atoms with E-state index in [0.717, 1.165) is 21.5 Å². The lowest BCUT2D eigenvalue weighted by molar-refractivity contribution is 0.340. The summed E-state index contributed by atoms with van der Waals surface area (Å²) in [5.74, 6) is 0.882. The van der Waals surface area contributed by atoms with Crippen molar-refractivity contribution >= 4 is 21.6 Å². The van der Waals surface area contributed by atoms with E-state index in [1.54, 1.807) is 0 Å². The van der Waals surface area contributed by atoms with Gasteiger partial charge in [-0.1, -0.05) is 24.3 Å². The fraction of sp³-hybridized carbons (Fsp3) is 0.250. The predicted molar refractivity (Wildman–Crippen MR) is 87.2 cm³/mol.